The van der Waals surface area contributed by atoms with E-state index in [1.807, 2.05) is 23.1 Å². The van der Waals surface area contributed by atoms with Crippen molar-refractivity contribution in [1.29, 1.82) is 0 Å². The third kappa shape index (κ3) is 4.94. The Morgan fingerprint density at radius 3 is 2.73 bits per heavy atom. The molecule has 3 amide bonds. The maximum Gasteiger partial charge on any atom is 0.317 e. The number of urea groups is 1. The van der Waals surface area contributed by atoms with Crippen molar-refractivity contribution in [2.24, 2.45) is 5.92 Å². The van der Waals surface area contributed by atoms with Gasteiger partial charge in [-0.3, -0.25) is 9.69 Å². The second kappa shape index (κ2) is 9.76. The highest BCUT2D eigenvalue weighted by atomic mass is 16.5. The molecule has 1 aromatic carbocycles. The third-order valence-corrected chi connectivity index (χ3v) is 6.35. The number of ether oxygens (including phenoxy) is 2. The van der Waals surface area contributed by atoms with E-state index in [4.69, 9.17) is 9.47 Å². The Bertz CT molecular complexity index is 760. The van der Waals surface area contributed by atoms with Crippen LogP contribution in [0.4, 0.5) is 10.5 Å². The van der Waals surface area contributed by atoms with Crippen LogP contribution in [0.25, 0.3) is 0 Å². The number of nitrogens with one attached hydrogen (secondary N) is 2. The molecule has 2 unspecified atom stereocenters. The molecule has 30 heavy (non-hydrogen) atoms. The summed E-state index contributed by atoms with van der Waals surface area (Å²) in [6, 6.07) is 6.14. The van der Waals surface area contributed by atoms with Gasteiger partial charge < -0.3 is 25.0 Å². The SMILES string of the molecule is CC(=O)Nc1cccc2c1CCN(C(=O)NCC(C1CCOC1)N1CCOCC1)C2. The maximum atomic E-state index is 12.9. The van der Waals surface area contributed by atoms with Crippen LogP contribution in [-0.2, 0) is 27.2 Å². The quantitative estimate of drug-likeness (QED) is 0.759. The van der Waals surface area contributed by atoms with Gasteiger partial charge in [0.1, 0.15) is 0 Å². The number of rotatable bonds is 5. The number of amides is 3. The second-order valence-corrected chi connectivity index (χ2v) is 8.32. The molecule has 164 valence electrons. The van der Waals surface area contributed by atoms with Crippen LogP contribution >= 0.6 is 0 Å². The van der Waals surface area contributed by atoms with Gasteiger partial charge in [-0.05, 0) is 30.0 Å². The lowest BCUT2D eigenvalue weighted by Gasteiger charge is -2.38. The number of benzene rings is 1. The summed E-state index contributed by atoms with van der Waals surface area (Å²) in [6.07, 6.45) is 1.78. The lowest BCUT2D eigenvalue weighted by molar-refractivity contribution is -0.114. The summed E-state index contributed by atoms with van der Waals surface area (Å²) < 4.78 is 11.1. The zero-order chi connectivity index (χ0) is 20.9. The molecule has 8 nitrogen and oxygen atoms in total. The molecule has 2 atom stereocenters. The van der Waals surface area contributed by atoms with Gasteiger partial charge in [0, 0.05) is 63.9 Å². The Balaban J connectivity index is 1.37. The van der Waals surface area contributed by atoms with Crippen molar-refractivity contribution < 1.29 is 19.1 Å². The molecule has 0 saturated carbocycles. The first-order valence-corrected chi connectivity index (χ1v) is 10.9. The fourth-order valence-corrected chi connectivity index (χ4v) is 4.75. The van der Waals surface area contributed by atoms with Gasteiger partial charge in [0.2, 0.25) is 5.91 Å². The van der Waals surface area contributed by atoms with E-state index in [0.717, 1.165) is 69.2 Å². The molecule has 8 heteroatoms. The van der Waals surface area contributed by atoms with Gasteiger partial charge in [0.15, 0.2) is 0 Å². The number of carbonyl (C=O) groups excluding carboxylic acids is 2. The van der Waals surface area contributed by atoms with Crippen LogP contribution in [0.2, 0.25) is 0 Å². The highest BCUT2D eigenvalue weighted by molar-refractivity contribution is 5.90. The normalized spacial score (nSPS) is 23.0. The number of morpholine rings is 1. The van der Waals surface area contributed by atoms with E-state index in [2.05, 4.69) is 15.5 Å². The minimum atomic E-state index is -0.0754. The van der Waals surface area contributed by atoms with Crippen molar-refractivity contribution in [2.45, 2.75) is 32.4 Å². The summed E-state index contributed by atoms with van der Waals surface area (Å²) >= 11 is 0. The molecule has 3 heterocycles. The zero-order valence-corrected chi connectivity index (χ0v) is 17.7. The molecule has 4 rings (SSSR count). The molecule has 3 aliphatic rings. The van der Waals surface area contributed by atoms with Gasteiger partial charge in [-0.1, -0.05) is 12.1 Å². The highest BCUT2D eigenvalue weighted by Gasteiger charge is 2.32. The monoisotopic (exact) mass is 416 g/mol. The van der Waals surface area contributed by atoms with Gasteiger partial charge >= 0.3 is 6.03 Å². The predicted octanol–water partition coefficient (Wildman–Crippen LogP) is 1.45. The van der Waals surface area contributed by atoms with E-state index in [1.54, 1.807) is 0 Å². The van der Waals surface area contributed by atoms with Crippen LogP contribution in [0, 0.1) is 5.92 Å². The Hall–Kier alpha value is -2.16. The molecule has 0 spiro atoms. The topological polar surface area (TPSA) is 83.1 Å². The Kier molecular flexibility index (Phi) is 6.86. The second-order valence-electron chi connectivity index (χ2n) is 8.32. The van der Waals surface area contributed by atoms with Crippen molar-refractivity contribution in [1.82, 2.24) is 15.1 Å². The van der Waals surface area contributed by atoms with Crippen LogP contribution in [-0.4, -0.2) is 80.4 Å². The van der Waals surface area contributed by atoms with Gasteiger partial charge in [-0.15, -0.1) is 0 Å². The maximum absolute atomic E-state index is 12.9. The third-order valence-electron chi connectivity index (χ3n) is 6.35. The molecule has 2 fully saturated rings. The van der Waals surface area contributed by atoms with E-state index in [0.29, 0.717) is 25.6 Å². The minimum absolute atomic E-state index is 0.0252. The van der Waals surface area contributed by atoms with Gasteiger partial charge in [0.25, 0.3) is 0 Å². The summed E-state index contributed by atoms with van der Waals surface area (Å²) in [7, 11) is 0. The first-order valence-electron chi connectivity index (χ1n) is 10.9. The predicted molar refractivity (Wildman–Crippen MR) is 113 cm³/mol. The summed E-state index contributed by atoms with van der Waals surface area (Å²) in [5.41, 5.74) is 3.08. The van der Waals surface area contributed by atoms with Crippen LogP contribution in [0.15, 0.2) is 18.2 Å². The van der Waals surface area contributed by atoms with E-state index < -0.39 is 0 Å². The van der Waals surface area contributed by atoms with Crippen molar-refractivity contribution in [3.63, 3.8) is 0 Å². The molecule has 0 bridgehead atoms. The van der Waals surface area contributed by atoms with Gasteiger partial charge in [-0.25, -0.2) is 4.79 Å². The lowest BCUT2D eigenvalue weighted by atomic mass is 9.96. The standard InChI is InChI=1S/C22H32N4O4/c1-16(27)24-20-4-2-3-17-14-26(7-5-19(17)20)22(28)23-13-21(18-6-10-30-15-18)25-8-11-29-12-9-25/h2-4,18,21H,5-15H2,1H3,(H,23,28)(H,24,27). The van der Waals surface area contributed by atoms with E-state index in [-0.39, 0.29) is 18.0 Å². The smallest absolute Gasteiger partial charge is 0.317 e. The molecule has 3 aliphatic heterocycles. The van der Waals surface area contributed by atoms with Gasteiger partial charge in [0.05, 0.1) is 19.8 Å². The molecular weight excluding hydrogens is 384 g/mol. The van der Waals surface area contributed by atoms with Crippen molar-refractivity contribution in [3.8, 4) is 0 Å². The van der Waals surface area contributed by atoms with Crippen molar-refractivity contribution in [2.75, 3.05) is 57.9 Å². The fraction of sp³-hybridized carbons (Fsp3) is 0.636. The summed E-state index contributed by atoms with van der Waals surface area (Å²) in [4.78, 5) is 28.7. The first kappa shape index (κ1) is 21.1. The molecule has 0 aromatic heterocycles. The highest BCUT2D eigenvalue weighted by Crippen LogP contribution is 2.26. The van der Waals surface area contributed by atoms with Crippen LogP contribution in [0.5, 0.6) is 0 Å². The average Bonchev–Trinajstić information content (AvgIpc) is 3.28. The number of nitrogens with zero attached hydrogens (tertiary/aromatic N) is 2. The average molecular weight is 417 g/mol. The van der Waals surface area contributed by atoms with Gasteiger partial charge in [-0.2, -0.15) is 0 Å². The minimum Gasteiger partial charge on any atom is -0.381 e. The van der Waals surface area contributed by atoms with Crippen molar-refractivity contribution >= 4 is 17.6 Å². The molecule has 0 radical (unpaired) electrons. The Labute approximate surface area is 177 Å². The molecular formula is C22H32N4O4. The summed E-state index contributed by atoms with van der Waals surface area (Å²) in [5, 5.41) is 6.08. The fourth-order valence-electron chi connectivity index (χ4n) is 4.75. The molecule has 2 saturated heterocycles. The molecule has 0 aliphatic carbocycles. The number of fused-ring (bicyclic) bond motifs is 1. The number of hydrogen-bond donors (Lipinski definition) is 2. The van der Waals surface area contributed by atoms with Crippen molar-refractivity contribution in [3.05, 3.63) is 29.3 Å². The van der Waals surface area contributed by atoms with E-state index >= 15 is 0 Å². The lowest BCUT2D eigenvalue weighted by Crippen LogP contribution is -2.54. The number of anilines is 1. The van der Waals surface area contributed by atoms with E-state index in [9.17, 15) is 9.59 Å². The van der Waals surface area contributed by atoms with Crippen LogP contribution in [0.3, 0.4) is 0 Å². The van der Waals surface area contributed by atoms with Crippen LogP contribution < -0.4 is 10.6 Å². The Morgan fingerprint density at radius 1 is 1.17 bits per heavy atom. The molecule has 1 aromatic rings. The molecule has 2 N–H and O–H groups in total. The number of hydrogen-bond acceptors (Lipinski definition) is 5. The number of carbonyl (C=O) groups is 2. The largest absolute Gasteiger partial charge is 0.381 e. The first-order chi connectivity index (χ1) is 14.6. The Morgan fingerprint density at radius 2 is 2.00 bits per heavy atom. The zero-order valence-electron chi connectivity index (χ0n) is 17.7. The summed E-state index contributed by atoms with van der Waals surface area (Å²) in [6.45, 7) is 8.22. The van der Waals surface area contributed by atoms with E-state index in [1.165, 1.54) is 6.92 Å². The van der Waals surface area contributed by atoms with Crippen LogP contribution in [0.1, 0.15) is 24.5 Å². The summed E-state index contributed by atoms with van der Waals surface area (Å²) in [5.74, 6) is 0.374.